The SMILES string of the molecule is COc1ccc(C=CC(=O)NC[C@@H](C)Oc2ccc(-c3noc(C(F)(F)F)n3)cc2)cc1. The van der Waals surface area contributed by atoms with Crippen LogP contribution in [-0.4, -0.2) is 35.8 Å². The van der Waals surface area contributed by atoms with Crippen molar-refractivity contribution in [2.24, 2.45) is 0 Å². The minimum absolute atomic E-state index is 0.173. The smallest absolute Gasteiger partial charge is 0.471 e. The molecule has 1 amide bonds. The standard InChI is InChI=1S/C22H20F3N3O4/c1-14(13-26-19(29)12-5-15-3-8-17(30-2)9-4-15)31-18-10-6-16(7-11-18)20-27-21(32-28-20)22(23,24)25/h3-12,14H,13H2,1-2H3,(H,26,29)/t14-/m1/s1. The monoisotopic (exact) mass is 447 g/mol. The van der Waals surface area contributed by atoms with E-state index < -0.39 is 12.1 Å². The molecule has 2 aromatic carbocycles. The number of benzene rings is 2. The summed E-state index contributed by atoms with van der Waals surface area (Å²) < 4.78 is 52.7. The van der Waals surface area contributed by atoms with Crippen LogP contribution in [0.15, 0.2) is 59.1 Å². The fourth-order valence-corrected chi connectivity index (χ4v) is 2.60. The van der Waals surface area contributed by atoms with Crippen molar-refractivity contribution in [3.63, 3.8) is 0 Å². The summed E-state index contributed by atoms with van der Waals surface area (Å²) in [7, 11) is 1.58. The predicted octanol–water partition coefficient (Wildman–Crippen LogP) is 4.36. The number of nitrogens with zero attached hydrogens (tertiary/aromatic N) is 2. The summed E-state index contributed by atoms with van der Waals surface area (Å²) >= 11 is 0. The number of amides is 1. The fourth-order valence-electron chi connectivity index (χ4n) is 2.60. The molecule has 1 heterocycles. The minimum Gasteiger partial charge on any atom is -0.497 e. The Bertz CT molecular complexity index is 1060. The molecule has 1 N–H and O–H groups in total. The maximum absolute atomic E-state index is 12.6. The molecule has 0 spiro atoms. The van der Waals surface area contributed by atoms with Gasteiger partial charge in [-0.15, -0.1) is 0 Å². The van der Waals surface area contributed by atoms with Gasteiger partial charge in [0.15, 0.2) is 0 Å². The Balaban J connectivity index is 1.48. The molecule has 1 aromatic heterocycles. The van der Waals surface area contributed by atoms with Gasteiger partial charge in [-0.05, 0) is 55.0 Å². The van der Waals surface area contributed by atoms with Crippen molar-refractivity contribution in [3.8, 4) is 22.9 Å². The first-order chi connectivity index (χ1) is 15.2. The Morgan fingerprint density at radius 3 is 2.38 bits per heavy atom. The van der Waals surface area contributed by atoms with Crippen molar-refractivity contribution in [2.75, 3.05) is 13.7 Å². The first-order valence-corrected chi connectivity index (χ1v) is 9.52. The van der Waals surface area contributed by atoms with Gasteiger partial charge in [0.1, 0.15) is 17.6 Å². The second kappa shape index (κ2) is 9.99. The molecule has 32 heavy (non-hydrogen) atoms. The Morgan fingerprint density at radius 1 is 1.12 bits per heavy atom. The third-order valence-electron chi connectivity index (χ3n) is 4.23. The topological polar surface area (TPSA) is 86.5 Å². The van der Waals surface area contributed by atoms with Crippen LogP contribution in [-0.2, 0) is 11.0 Å². The molecule has 0 bridgehead atoms. The average molecular weight is 447 g/mol. The van der Waals surface area contributed by atoms with Crippen molar-refractivity contribution in [2.45, 2.75) is 19.2 Å². The van der Waals surface area contributed by atoms with Crippen LogP contribution >= 0.6 is 0 Å². The second-order valence-corrected chi connectivity index (χ2v) is 6.73. The largest absolute Gasteiger partial charge is 0.497 e. The Kier molecular flexibility index (Phi) is 7.14. The van der Waals surface area contributed by atoms with Gasteiger partial charge in [-0.3, -0.25) is 4.79 Å². The van der Waals surface area contributed by atoms with Crippen LogP contribution in [0.1, 0.15) is 18.4 Å². The molecule has 0 radical (unpaired) electrons. The number of alkyl halides is 3. The van der Waals surface area contributed by atoms with Crippen molar-refractivity contribution in [3.05, 3.63) is 66.1 Å². The molecule has 0 aliphatic rings. The molecular formula is C22H20F3N3O4. The number of halogens is 3. The zero-order chi connectivity index (χ0) is 23.1. The van der Waals surface area contributed by atoms with Crippen LogP contribution in [0.25, 0.3) is 17.5 Å². The molecule has 0 aliphatic heterocycles. The van der Waals surface area contributed by atoms with Crippen LogP contribution in [0, 0.1) is 0 Å². The molecule has 0 fully saturated rings. The number of ether oxygens (including phenoxy) is 2. The van der Waals surface area contributed by atoms with E-state index in [9.17, 15) is 18.0 Å². The number of hydrogen-bond donors (Lipinski definition) is 1. The summed E-state index contributed by atoms with van der Waals surface area (Å²) in [6, 6.07) is 13.4. The summed E-state index contributed by atoms with van der Waals surface area (Å²) in [6.45, 7) is 2.03. The zero-order valence-corrected chi connectivity index (χ0v) is 17.2. The minimum atomic E-state index is -4.70. The molecule has 0 saturated heterocycles. The number of nitrogens with one attached hydrogen (secondary N) is 1. The molecule has 10 heteroatoms. The van der Waals surface area contributed by atoms with E-state index in [-0.39, 0.29) is 24.4 Å². The van der Waals surface area contributed by atoms with E-state index in [1.807, 2.05) is 12.1 Å². The van der Waals surface area contributed by atoms with Crippen LogP contribution < -0.4 is 14.8 Å². The number of carbonyl (C=O) groups is 1. The number of carbonyl (C=O) groups excluding carboxylic acids is 1. The zero-order valence-electron chi connectivity index (χ0n) is 17.2. The van der Waals surface area contributed by atoms with Crippen molar-refractivity contribution < 1.29 is 32.0 Å². The number of rotatable bonds is 8. The molecule has 0 aliphatic carbocycles. The maximum Gasteiger partial charge on any atom is 0.471 e. The lowest BCUT2D eigenvalue weighted by Gasteiger charge is -2.15. The van der Waals surface area contributed by atoms with Gasteiger partial charge in [0.25, 0.3) is 0 Å². The second-order valence-electron chi connectivity index (χ2n) is 6.73. The van der Waals surface area contributed by atoms with Crippen LogP contribution in [0.3, 0.4) is 0 Å². The molecule has 168 valence electrons. The highest BCUT2D eigenvalue weighted by Gasteiger charge is 2.38. The third kappa shape index (κ3) is 6.34. The van der Waals surface area contributed by atoms with E-state index >= 15 is 0 Å². The first kappa shape index (κ1) is 22.9. The summed E-state index contributed by atoms with van der Waals surface area (Å²) in [5.74, 6) is -0.645. The van der Waals surface area contributed by atoms with Crippen molar-refractivity contribution in [1.82, 2.24) is 15.5 Å². The van der Waals surface area contributed by atoms with Gasteiger partial charge in [0, 0.05) is 11.6 Å². The van der Waals surface area contributed by atoms with Gasteiger partial charge in [-0.1, -0.05) is 17.3 Å². The van der Waals surface area contributed by atoms with Crippen LogP contribution in [0.2, 0.25) is 0 Å². The quantitative estimate of drug-likeness (QED) is 0.517. The van der Waals surface area contributed by atoms with E-state index in [4.69, 9.17) is 9.47 Å². The molecule has 0 unspecified atom stereocenters. The summed E-state index contributed by atoms with van der Waals surface area (Å²) in [5, 5.41) is 6.07. The van der Waals surface area contributed by atoms with E-state index in [0.717, 1.165) is 11.3 Å². The molecule has 7 nitrogen and oxygen atoms in total. The number of methoxy groups -OCH3 is 1. The average Bonchev–Trinajstić information content (AvgIpc) is 3.28. The maximum atomic E-state index is 12.6. The van der Waals surface area contributed by atoms with E-state index in [1.165, 1.54) is 18.2 Å². The van der Waals surface area contributed by atoms with Gasteiger partial charge in [0.05, 0.1) is 13.7 Å². The number of hydrogen-bond acceptors (Lipinski definition) is 6. The van der Waals surface area contributed by atoms with Crippen LogP contribution in [0.4, 0.5) is 13.2 Å². The lowest BCUT2D eigenvalue weighted by Crippen LogP contribution is -2.32. The summed E-state index contributed by atoms with van der Waals surface area (Å²) in [5.41, 5.74) is 1.20. The highest BCUT2D eigenvalue weighted by molar-refractivity contribution is 5.91. The normalized spacial score (nSPS) is 12.5. The lowest BCUT2D eigenvalue weighted by molar-refractivity contribution is -0.159. The van der Waals surface area contributed by atoms with Crippen molar-refractivity contribution in [1.29, 1.82) is 0 Å². The highest BCUT2D eigenvalue weighted by Crippen LogP contribution is 2.29. The van der Waals surface area contributed by atoms with Gasteiger partial charge in [0.2, 0.25) is 11.7 Å². The molecular weight excluding hydrogens is 427 g/mol. The molecule has 1 atom stereocenters. The molecule has 3 rings (SSSR count). The summed E-state index contributed by atoms with van der Waals surface area (Å²) in [4.78, 5) is 15.3. The van der Waals surface area contributed by atoms with Gasteiger partial charge in [-0.25, -0.2) is 0 Å². The van der Waals surface area contributed by atoms with E-state index in [0.29, 0.717) is 11.3 Å². The van der Waals surface area contributed by atoms with Crippen LogP contribution in [0.5, 0.6) is 11.5 Å². The fraction of sp³-hybridized carbons (Fsp3) is 0.227. The Morgan fingerprint density at radius 2 is 1.78 bits per heavy atom. The van der Waals surface area contributed by atoms with E-state index in [1.54, 1.807) is 44.4 Å². The van der Waals surface area contributed by atoms with E-state index in [2.05, 4.69) is 20.0 Å². The van der Waals surface area contributed by atoms with Crippen molar-refractivity contribution >= 4 is 12.0 Å². The lowest BCUT2D eigenvalue weighted by atomic mass is 10.2. The Labute approximate surface area is 181 Å². The summed E-state index contributed by atoms with van der Waals surface area (Å²) in [6.07, 6.45) is -1.94. The highest BCUT2D eigenvalue weighted by atomic mass is 19.4. The molecule has 3 aromatic rings. The molecule has 0 saturated carbocycles. The van der Waals surface area contributed by atoms with Gasteiger partial charge >= 0.3 is 12.1 Å². The van der Waals surface area contributed by atoms with Gasteiger partial charge < -0.3 is 19.3 Å². The third-order valence-corrected chi connectivity index (χ3v) is 4.23. The Hall–Kier alpha value is -3.82. The number of aromatic nitrogens is 2. The first-order valence-electron chi connectivity index (χ1n) is 9.52. The predicted molar refractivity (Wildman–Crippen MR) is 110 cm³/mol. The van der Waals surface area contributed by atoms with Gasteiger partial charge in [-0.2, -0.15) is 18.2 Å².